The van der Waals surface area contributed by atoms with E-state index < -0.39 is 0 Å². The van der Waals surface area contributed by atoms with Crippen molar-refractivity contribution in [1.82, 2.24) is 14.8 Å². The molecule has 0 saturated carbocycles. The van der Waals surface area contributed by atoms with E-state index in [1.165, 1.54) is 28.9 Å². The fourth-order valence-corrected chi connectivity index (χ4v) is 3.06. The second kappa shape index (κ2) is 6.22. The summed E-state index contributed by atoms with van der Waals surface area (Å²) in [7, 11) is 0. The van der Waals surface area contributed by atoms with Gasteiger partial charge in [0.25, 0.3) is 5.56 Å². The molecule has 122 valence electrons. The van der Waals surface area contributed by atoms with Crippen LogP contribution in [0, 0.1) is 5.82 Å². The number of pyridine rings is 1. The number of hydrogen-bond acceptors (Lipinski definition) is 3. The quantitative estimate of drug-likeness (QED) is 0.506. The van der Waals surface area contributed by atoms with Crippen molar-refractivity contribution in [2.75, 3.05) is 0 Å². The zero-order valence-electron chi connectivity index (χ0n) is 12.9. The highest BCUT2D eigenvalue weighted by molar-refractivity contribution is 9.10. The van der Waals surface area contributed by atoms with Crippen LogP contribution in [0.15, 0.2) is 76.1 Å². The van der Waals surface area contributed by atoms with Gasteiger partial charge in [-0.25, -0.2) is 4.39 Å². The molecule has 0 atom stereocenters. The van der Waals surface area contributed by atoms with Crippen LogP contribution < -0.4 is 5.56 Å². The van der Waals surface area contributed by atoms with E-state index in [1.54, 1.807) is 18.3 Å². The van der Waals surface area contributed by atoms with Gasteiger partial charge in [-0.1, -0.05) is 28.1 Å². The Bertz CT molecular complexity index is 1140. The van der Waals surface area contributed by atoms with Gasteiger partial charge in [0.05, 0.1) is 11.1 Å². The molecule has 0 fully saturated rings. The van der Waals surface area contributed by atoms with E-state index >= 15 is 0 Å². The van der Waals surface area contributed by atoms with Crippen molar-refractivity contribution in [3.8, 4) is 16.9 Å². The van der Waals surface area contributed by atoms with Crippen LogP contribution in [0.4, 0.5) is 4.39 Å². The molecule has 0 amide bonds. The van der Waals surface area contributed by atoms with Gasteiger partial charge in [0, 0.05) is 16.2 Å². The lowest BCUT2D eigenvalue weighted by Gasteiger charge is -2.11. The molecule has 0 N–H and O–H groups in total. The number of benzene rings is 2. The van der Waals surface area contributed by atoms with Crippen molar-refractivity contribution in [2.24, 2.45) is 0 Å². The lowest BCUT2D eigenvalue weighted by Crippen LogP contribution is -2.22. The number of fused-ring (bicyclic) bond motifs is 1. The van der Waals surface area contributed by atoms with E-state index in [0.717, 1.165) is 10.0 Å². The highest BCUT2D eigenvalue weighted by atomic mass is 79.9. The van der Waals surface area contributed by atoms with Gasteiger partial charge in [-0.3, -0.25) is 9.78 Å². The predicted molar refractivity (Wildman–Crippen MR) is 98.2 cm³/mol. The van der Waals surface area contributed by atoms with Gasteiger partial charge in [0.2, 0.25) is 0 Å². The number of aromatic nitrogens is 3. The standard InChI is InChI=1S/C19H11BrFN3O/c20-13-4-1-3-12(11-13)17-18-16(5-2-10-22-18)19(25)24(23-17)15-8-6-14(21)7-9-15/h1-11H. The van der Waals surface area contributed by atoms with Crippen molar-refractivity contribution in [3.05, 3.63) is 87.5 Å². The summed E-state index contributed by atoms with van der Waals surface area (Å²) < 4.78 is 15.4. The van der Waals surface area contributed by atoms with Crippen LogP contribution in [0.1, 0.15) is 0 Å². The first-order chi connectivity index (χ1) is 12.1. The van der Waals surface area contributed by atoms with Crippen molar-refractivity contribution >= 4 is 26.8 Å². The zero-order chi connectivity index (χ0) is 17.4. The minimum Gasteiger partial charge on any atom is -0.267 e. The Balaban J connectivity index is 2.07. The summed E-state index contributed by atoms with van der Waals surface area (Å²) in [5.74, 6) is -0.369. The molecule has 4 rings (SSSR count). The van der Waals surface area contributed by atoms with E-state index in [2.05, 4.69) is 26.0 Å². The lowest BCUT2D eigenvalue weighted by molar-refractivity contribution is 0.626. The van der Waals surface area contributed by atoms with Gasteiger partial charge in [-0.15, -0.1) is 0 Å². The van der Waals surface area contributed by atoms with E-state index in [-0.39, 0.29) is 11.4 Å². The molecule has 4 nitrogen and oxygen atoms in total. The van der Waals surface area contributed by atoms with Crippen LogP contribution >= 0.6 is 15.9 Å². The Labute approximate surface area is 150 Å². The van der Waals surface area contributed by atoms with Crippen LogP contribution in [0.2, 0.25) is 0 Å². The van der Waals surface area contributed by atoms with Crippen LogP contribution in [-0.4, -0.2) is 14.8 Å². The van der Waals surface area contributed by atoms with Gasteiger partial charge < -0.3 is 0 Å². The normalized spacial score (nSPS) is 11.0. The topological polar surface area (TPSA) is 47.8 Å². The Morgan fingerprint density at radius 3 is 2.56 bits per heavy atom. The molecule has 2 heterocycles. The lowest BCUT2D eigenvalue weighted by atomic mass is 10.1. The molecule has 0 saturated heterocycles. The Kier molecular flexibility index (Phi) is 3.89. The Morgan fingerprint density at radius 1 is 1.00 bits per heavy atom. The van der Waals surface area contributed by atoms with E-state index in [0.29, 0.717) is 22.3 Å². The largest absolute Gasteiger partial charge is 0.280 e. The maximum Gasteiger partial charge on any atom is 0.280 e. The van der Waals surface area contributed by atoms with E-state index in [4.69, 9.17) is 0 Å². The van der Waals surface area contributed by atoms with Gasteiger partial charge in [-0.2, -0.15) is 9.78 Å². The second-order valence-electron chi connectivity index (χ2n) is 5.45. The number of hydrogen-bond donors (Lipinski definition) is 0. The second-order valence-corrected chi connectivity index (χ2v) is 6.37. The van der Waals surface area contributed by atoms with Crippen molar-refractivity contribution in [2.45, 2.75) is 0 Å². The van der Waals surface area contributed by atoms with Gasteiger partial charge >= 0.3 is 0 Å². The molecule has 0 radical (unpaired) electrons. The fourth-order valence-electron chi connectivity index (χ4n) is 2.66. The third kappa shape index (κ3) is 2.85. The number of halogens is 2. The fraction of sp³-hybridized carbons (Fsp3) is 0. The summed E-state index contributed by atoms with van der Waals surface area (Å²) in [4.78, 5) is 17.2. The third-order valence-corrected chi connectivity index (χ3v) is 4.32. The van der Waals surface area contributed by atoms with Crippen molar-refractivity contribution in [3.63, 3.8) is 0 Å². The smallest absolute Gasteiger partial charge is 0.267 e. The van der Waals surface area contributed by atoms with Crippen LogP contribution in [0.5, 0.6) is 0 Å². The molecule has 0 unspecified atom stereocenters. The number of rotatable bonds is 2. The summed E-state index contributed by atoms with van der Waals surface area (Å²) >= 11 is 3.45. The Morgan fingerprint density at radius 2 is 1.80 bits per heavy atom. The monoisotopic (exact) mass is 395 g/mol. The van der Waals surface area contributed by atoms with Crippen molar-refractivity contribution in [1.29, 1.82) is 0 Å². The molecule has 6 heteroatoms. The summed E-state index contributed by atoms with van der Waals surface area (Å²) in [6.07, 6.45) is 1.63. The third-order valence-electron chi connectivity index (χ3n) is 3.82. The van der Waals surface area contributed by atoms with Crippen LogP contribution in [0.3, 0.4) is 0 Å². The SMILES string of the molecule is O=c1c2cccnc2c(-c2cccc(Br)c2)nn1-c1ccc(F)cc1. The number of nitrogens with zero attached hydrogens (tertiary/aromatic N) is 3. The highest BCUT2D eigenvalue weighted by Gasteiger charge is 2.14. The average Bonchev–Trinajstić information content (AvgIpc) is 2.63. The summed E-state index contributed by atoms with van der Waals surface area (Å²) in [6.45, 7) is 0. The molecule has 2 aromatic heterocycles. The minimum absolute atomic E-state index is 0.298. The molecule has 2 aromatic carbocycles. The van der Waals surface area contributed by atoms with E-state index in [1.807, 2.05) is 24.3 Å². The minimum atomic E-state index is -0.369. The zero-order valence-corrected chi connectivity index (χ0v) is 14.4. The first-order valence-corrected chi connectivity index (χ1v) is 8.33. The van der Waals surface area contributed by atoms with Gasteiger partial charge in [-0.05, 0) is 48.5 Å². The van der Waals surface area contributed by atoms with Gasteiger partial charge in [0.15, 0.2) is 0 Å². The molecule has 25 heavy (non-hydrogen) atoms. The molecule has 0 aliphatic carbocycles. The summed E-state index contributed by atoms with van der Waals surface area (Å²) in [5.41, 5.74) is 2.14. The highest BCUT2D eigenvalue weighted by Crippen LogP contribution is 2.26. The van der Waals surface area contributed by atoms with E-state index in [9.17, 15) is 9.18 Å². The Hall–Kier alpha value is -2.86. The maximum atomic E-state index is 13.2. The van der Waals surface area contributed by atoms with Gasteiger partial charge in [0.1, 0.15) is 17.0 Å². The molecule has 4 aromatic rings. The van der Waals surface area contributed by atoms with Crippen LogP contribution in [-0.2, 0) is 0 Å². The first kappa shape index (κ1) is 15.7. The molecule has 0 bridgehead atoms. The van der Waals surface area contributed by atoms with Crippen molar-refractivity contribution < 1.29 is 4.39 Å². The molecular weight excluding hydrogens is 385 g/mol. The molecule has 0 aliphatic heterocycles. The molecule has 0 spiro atoms. The molecule has 0 aliphatic rings. The first-order valence-electron chi connectivity index (χ1n) is 7.53. The average molecular weight is 396 g/mol. The van der Waals surface area contributed by atoms with Crippen LogP contribution in [0.25, 0.3) is 27.8 Å². The summed E-state index contributed by atoms with van der Waals surface area (Å²) in [5, 5.41) is 4.97. The predicted octanol–water partition coefficient (Wildman–Crippen LogP) is 4.35. The molecular formula is C19H11BrFN3O. The maximum absolute atomic E-state index is 13.2. The summed E-state index contributed by atoms with van der Waals surface area (Å²) in [6, 6.07) is 16.7.